The molecule has 6 heteroatoms. The Labute approximate surface area is 150 Å². The van der Waals surface area contributed by atoms with Crippen molar-refractivity contribution in [2.75, 3.05) is 27.7 Å². The molecule has 1 amide bonds. The second kappa shape index (κ2) is 10.4. The Kier molecular flexibility index (Phi) is 9.80. The fraction of sp³-hybridized carbons (Fsp3) is 0.500. The molecule has 2 N–H and O–H groups in total. The molecule has 0 aliphatic rings. The summed E-state index contributed by atoms with van der Waals surface area (Å²) >= 11 is 0. The molecule has 0 unspecified atom stereocenters. The Morgan fingerprint density at radius 1 is 1.23 bits per heavy atom. The van der Waals surface area contributed by atoms with Gasteiger partial charge in [-0.05, 0) is 25.0 Å². The predicted molar refractivity (Wildman–Crippen MR) is 103 cm³/mol. The van der Waals surface area contributed by atoms with Crippen LogP contribution in [0.15, 0.2) is 23.2 Å². The van der Waals surface area contributed by atoms with E-state index in [1.54, 1.807) is 26.0 Å². The van der Waals surface area contributed by atoms with Crippen LogP contribution < -0.4 is 10.6 Å². The number of carbonyl (C=O) groups is 1. The van der Waals surface area contributed by atoms with Crippen LogP contribution in [-0.2, 0) is 11.3 Å². The largest absolute Gasteiger partial charge is 0.356 e. The average Bonchev–Trinajstić information content (AvgIpc) is 2.43. The first kappa shape index (κ1) is 20.7. The van der Waals surface area contributed by atoms with E-state index in [0.717, 1.165) is 0 Å². The zero-order valence-corrected chi connectivity index (χ0v) is 16.4. The lowest BCUT2D eigenvalue weighted by Gasteiger charge is -2.14. The van der Waals surface area contributed by atoms with Crippen molar-refractivity contribution in [2.45, 2.75) is 26.8 Å². The lowest BCUT2D eigenvalue weighted by Crippen LogP contribution is -2.38. The van der Waals surface area contributed by atoms with Gasteiger partial charge in [0.2, 0.25) is 5.91 Å². The second-order valence-corrected chi connectivity index (χ2v) is 5.32. The Balaban J connectivity index is 0.00000441. The molecule has 0 aliphatic carbocycles. The van der Waals surface area contributed by atoms with Crippen molar-refractivity contribution in [3.8, 4) is 0 Å². The number of guanidine groups is 1. The van der Waals surface area contributed by atoms with Crippen LogP contribution in [0.3, 0.4) is 0 Å². The molecule has 0 saturated carbocycles. The van der Waals surface area contributed by atoms with Crippen LogP contribution in [0.25, 0.3) is 0 Å². The molecule has 0 aliphatic heterocycles. The number of nitrogens with zero attached hydrogens (tertiary/aromatic N) is 2. The zero-order chi connectivity index (χ0) is 15.8. The maximum Gasteiger partial charge on any atom is 0.223 e. The number of aliphatic imine (C=N–C) groups is 1. The Hall–Kier alpha value is -1.31. The molecule has 1 rings (SSSR count). The summed E-state index contributed by atoms with van der Waals surface area (Å²) in [5, 5.41) is 6.41. The summed E-state index contributed by atoms with van der Waals surface area (Å²) in [5.74, 6) is 0.814. The minimum atomic E-state index is 0. The quantitative estimate of drug-likeness (QED) is 0.438. The lowest BCUT2D eigenvalue weighted by molar-refractivity contribution is -0.128. The summed E-state index contributed by atoms with van der Waals surface area (Å²) in [6.45, 7) is 5.49. The van der Waals surface area contributed by atoms with Crippen molar-refractivity contribution in [2.24, 2.45) is 4.99 Å². The van der Waals surface area contributed by atoms with E-state index in [9.17, 15) is 4.79 Å². The molecule has 0 saturated heterocycles. The molecule has 1 aromatic rings. The first-order valence-electron chi connectivity index (χ1n) is 7.15. The summed E-state index contributed by atoms with van der Waals surface area (Å²) in [5.41, 5.74) is 3.77. The Morgan fingerprint density at radius 2 is 1.91 bits per heavy atom. The van der Waals surface area contributed by atoms with E-state index in [4.69, 9.17) is 0 Å². The van der Waals surface area contributed by atoms with Crippen molar-refractivity contribution in [3.63, 3.8) is 0 Å². The monoisotopic (exact) mass is 418 g/mol. The van der Waals surface area contributed by atoms with E-state index in [0.29, 0.717) is 25.5 Å². The number of hydrogen-bond acceptors (Lipinski definition) is 2. The topological polar surface area (TPSA) is 56.7 Å². The third-order valence-electron chi connectivity index (χ3n) is 3.30. The SMILES string of the molecule is CN=C(NCCC(=O)N(C)C)NCc1ccc(C)cc1C.I. The van der Waals surface area contributed by atoms with Crippen LogP contribution in [0.1, 0.15) is 23.1 Å². The van der Waals surface area contributed by atoms with Crippen molar-refractivity contribution < 1.29 is 4.79 Å². The van der Waals surface area contributed by atoms with E-state index >= 15 is 0 Å². The smallest absolute Gasteiger partial charge is 0.223 e. The number of benzene rings is 1. The minimum Gasteiger partial charge on any atom is -0.356 e. The van der Waals surface area contributed by atoms with Gasteiger partial charge in [0.15, 0.2) is 5.96 Å². The third kappa shape index (κ3) is 7.11. The molecule has 22 heavy (non-hydrogen) atoms. The number of amides is 1. The molecule has 0 heterocycles. The van der Waals surface area contributed by atoms with Crippen LogP contribution in [0, 0.1) is 13.8 Å². The maximum absolute atomic E-state index is 11.5. The van der Waals surface area contributed by atoms with E-state index in [2.05, 4.69) is 47.7 Å². The minimum absolute atomic E-state index is 0. The highest BCUT2D eigenvalue weighted by Gasteiger charge is 2.05. The summed E-state index contributed by atoms with van der Waals surface area (Å²) in [4.78, 5) is 17.2. The fourth-order valence-corrected chi connectivity index (χ4v) is 1.96. The number of aryl methyl sites for hydroxylation is 2. The van der Waals surface area contributed by atoms with Gasteiger partial charge in [0.05, 0.1) is 0 Å². The molecule has 5 nitrogen and oxygen atoms in total. The van der Waals surface area contributed by atoms with Gasteiger partial charge in [0.1, 0.15) is 0 Å². The normalized spacial score (nSPS) is 10.7. The molecular formula is C16H27IN4O. The van der Waals surface area contributed by atoms with Crippen molar-refractivity contribution in [3.05, 3.63) is 34.9 Å². The van der Waals surface area contributed by atoms with Gasteiger partial charge in [-0.25, -0.2) is 0 Å². The Morgan fingerprint density at radius 3 is 2.45 bits per heavy atom. The number of nitrogens with one attached hydrogen (secondary N) is 2. The van der Waals surface area contributed by atoms with Crippen molar-refractivity contribution in [1.82, 2.24) is 15.5 Å². The van der Waals surface area contributed by atoms with Crippen molar-refractivity contribution >= 4 is 35.8 Å². The van der Waals surface area contributed by atoms with Gasteiger partial charge in [-0.15, -0.1) is 24.0 Å². The molecule has 0 aromatic heterocycles. The van der Waals surface area contributed by atoms with Gasteiger partial charge in [0, 0.05) is 40.7 Å². The van der Waals surface area contributed by atoms with Crippen LogP contribution in [0.2, 0.25) is 0 Å². The number of carbonyl (C=O) groups excluding carboxylic acids is 1. The summed E-state index contributed by atoms with van der Waals surface area (Å²) < 4.78 is 0. The Bertz CT molecular complexity index is 515. The first-order valence-corrected chi connectivity index (χ1v) is 7.15. The van der Waals surface area contributed by atoms with Gasteiger partial charge < -0.3 is 15.5 Å². The predicted octanol–water partition coefficient (Wildman–Crippen LogP) is 2.06. The van der Waals surface area contributed by atoms with Crippen LogP contribution in [-0.4, -0.2) is 44.5 Å². The zero-order valence-electron chi connectivity index (χ0n) is 14.1. The lowest BCUT2D eigenvalue weighted by atomic mass is 10.1. The van der Waals surface area contributed by atoms with Crippen LogP contribution in [0.5, 0.6) is 0 Å². The molecule has 124 valence electrons. The van der Waals surface area contributed by atoms with Gasteiger partial charge in [-0.3, -0.25) is 9.79 Å². The highest BCUT2D eigenvalue weighted by atomic mass is 127. The van der Waals surface area contributed by atoms with Gasteiger partial charge in [0.25, 0.3) is 0 Å². The first-order chi connectivity index (χ1) is 9.93. The van der Waals surface area contributed by atoms with E-state index in [1.165, 1.54) is 16.7 Å². The maximum atomic E-state index is 11.5. The highest BCUT2D eigenvalue weighted by molar-refractivity contribution is 14.0. The molecule has 0 atom stereocenters. The third-order valence-corrected chi connectivity index (χ3v) is 3.30. The van der Waals surface area contributed by atoms with Crippen LogP contribution >= 0.6 is 24.0 Å². The molecule has 0 bridgehead atoms. The number of rotatable bonds is 5. The van der Waals surface area contributed by atoms with Gasteiger partial charge in [-0.2, -0.15) is 0 Å². The number of halogens is 1. The average molecular weight is 418 g/mol. The molecule has 0 radical (unpaired) electrons. The molecular weight excluding hydrogens is 391 g/mol. The van der Waals surface area contributed by atoms with Gasteiger partial charge in [-0.1, -0.05) is 23.8 Å². The summed E-state index contributed by atoms with van der Waals surface area (Å²) in [6, 6.07) is 6.40. The van der Waals surface area contributed by atoms with E-state index in [-0.39, 0.29) is 29.9 Å². The molecule has 0 fully saturated rings. The van der Waals surface area contributed by atoms with Gasteiger partial charge >= 0.3 is 0 Å². The second-order valence-electron chi connectivity index (χ2n) is 5.32. The summed E-state index contributed by atoms with van der Waals surface area (Å²) in [7, 11) is 5.25. The van der Waals surface area contributed by atoms with E-state index < -0.39 is 0 Å². The highest BCUT2D eigenvalue weighted by Crippen LogP contribution is 2.09. The summed E-state index contributed by atoms with van der Waals surface area (Å²) in [6.07, 6.45) is 0.456. The van der Waals surface area contributed by atoms with Crippen LogP contribution in [0.4, 0.5) is 0 Å². The fourth-order valence-electron chi connectivity index (χ4n) is 1.96. The molecule has 0 spiro atoms. The number of hydrogen-bond donors (Lipinski definition) is 2. The standard InChI is InChI=1S/C16H26N4O.HI/c1-12-6-7-14(13(2)10-12)11-19-16(17-3)18-9-8-15(21)20(4)5;/h6-7,10H,8-9,11H2,1-5H3,(H2,17,18,19);1H. The van der Waals surface area contributed by atoms with E-state index in [1.807, 2.05) is 0 Å². The van der Waals surface area contributed by atoms with Crippen molar-refractivity contribution in [1.29, 1.82) is 0 Å². The molecule has 1 aromatic carbocycles.